The molecule has 0 saturated heterocycles. The Bertz CT molecular complexity index is 554. The van der Waals surface area contributed by atoms with Crippen LogP contribution >= 0.6 is 0 Å². The van der Waals surface area contributed by atoms with E-state index in [0.717, 1.165) is 45.2 Å². The molecular weight excluding hydrogens is 510 g/mol. The lowest BCUT2D eigenvalue weighted by Crippen LogP contribution is -2.18. The van der Waals surface area contributed by atoms with Gasteiger partial charge in [-0.1, -0.05) is 142 Å². The molecule has 0 aliphatic rings. The van der Waals surface area contributed by atoms with Gasteiger partial charge in [0, 0.05) is 6.92 Å². The number of esters is 2. The van der Waals surface area contributed by atoms with Crippen molar-refractivity contribution in [1.82, 2.24) is 5.32 Å². The fraction of sp³-hybridized carbons (Fsp3) is 0.944. The first-order valence-corrected chi connectivity index (χ1v) is 18.1. The van der Waals surface area contributed by atoms with Crippen LogP contribution in [0.1, 0.15) is 188 Å². The number of hydrogen-bond acceptors (Lipinski definition) is 5. The third-order valence-corrected chi connectivity index (χ3v) is 8.19. The molecule has 0 aliphatic heterocycles. The first-order chi connectivity index (χ1) is 20.1. The zero-order valence-corrected chi connectivity index (χ0v) is 27.9. The van der Waals surface area contributed by atoms with E-state index in [1.54, 1.807) is 0 Å². The number of rotatable bonds is 33. The van der Waals surface area contributed by atoms with Crippen molar-refractivity contribution in [2.45, 2.75) is 188 Å². The maximum atomic E-state index is 12.7. The topological polar surface area (TPSA) is 64.6 Å². The summed E-state index contributed by atoms with van der Waals surface area (Å²) in [7, 11) is 0. The van der Waals surface area contributed by atoms with Crippen LogP contribution in [0.25, 0.3) is 0 Å². The summed E-state index contributed by atoms with van der Waals surface area (Å²) in [6, 6.07) is 0. The van der Waals surface area contributed by atoms with Crippen LogP contribution in [0.3, 0.4) is 0 Å². The molecule has 41 heavy (non-hydrogen) atoms. The molecule has 0 bridgehead atoms. The summed E-state index contributed by atoms with van der Waals surface area (Å²) in [5, 5.41) is 3.60. The van der Waals surface area contributed by atoms with Crippen molar-refractivity contribution >= 4 is 11.9 Å². The molecule has 0 aromatic carbocycles. The predicted molar refractivity (Wildman–Crippen MR) is 175 cm³/mol. The molecule has 0 heterocycles. The molecule has 1 N–H and O–H groups in total. The Hall–Kier alpha value is -1.10. The number of unbranched alkanes of at least 4 members (excludes halogenated alkanes) is 20. The molecular formula is C36H71NO4. The standard InChI is InChI=1S/C36H71NO4/c1-4-6-8-10-17-23-29-35(28-22-9-7-5-2)36(39)41-33-27-21-16-12-14-19-25-31-37-30-24-18-13-11-15-20-26-32-40-34(3)38/h35,37H,4-33H2,1-3H3. The maximum absolute atomic E-state index is 12.7. The molecule has 1 atom stereocenters. The summed E-state index contributed by atoms with van der Waals surface area (Å²) in [4.78, 5) is 23.4. The van der Waals surface area contributed by atoms with E-state index >= 15 is 0 Å². The molecule has 0 rings (SSSR count). The molecule has 0 aromatic heterocycles. The molecule has 0 radical (unpaired) electrons. The van der Waals surface area contributed by atoms with Gasteiger partial charge in [0.1, 0.15) is 0 Å². The Kier molecular flexibility index (Phi) is 32.5. The van der Waals surface area contributed by atoms with Gasteiger partial charge in [0.25, 0.3) is 0 Å². The van der Waals surface area contributed by atoms with Gasteiger partial charge in [0.05, 0.1) is 19.1 Å². The summed E-state index contributed by atoms with van der Waals surface area (Å²) >= 11 is 0. The molecule has 5 heteroatoms. The predicted octanol–water partition coefficient (Wildman–Crippen LogP) is 10.5. The Labute approximate surface area is 256 Å². The summed E-state index contributed by atoms with van der Waals surface area (Å²) in [5.41, 5.74) is 0. The second-order valence-corrected chi connectivity index (χ2v) is 12.3. The maximum Gasteiger partial charge on any atom is 0.308 e. The van der Waals surface area contributed by atoms with E-state index < -0.39 is 0 Å². The Morgan fingerprint density at radius 3 is 1.32 bits per heavy atom. The van der Waals surface area contributed by atoms with Gasteiger partial charge in [-0.25, -0.2) is 0 Å². The van der Waals surface area contributed by atoms with Gasteiger partial charge in [-0.3, -0.25) is 9.59 Å². The van der Waals surface area contributed by atoms with E-state index in [1.165, 1.54) is 142 Å². The lowest BCUT2D eigenvalue weighted by Gasteiger charge is -2.16. The van der Waals surface area contributed by atoms with Gasteiger partial charge in [-0.15, -0.1) is 0 Å². The van der Waals surface area contributed by atoms with Crippen molar-refractivity contribution in [3.63, 3.8) is 0 Å². The van der Waals surface area contributed by atoms with Gasteiger partial charge in [0.2, 0.25) is 0 Å². The quantitative estimate of drug-likeness (QED) is 0.0617. The number of ether oxygens (including phenoxy) is 2. The van der Waals surface area contributed by atoms with Crippen molar-refractivity contribution in [1.29, 1.82) is 0 Å². The van der Waals surface area contributed by atoms with E-state index in [9.17, 15) is 9.59 Å². The van der Waals surface area contributed by atoms with Crippen LogP contribution < -0.4 is 5.32 Å². The molecule has 0 amide bonds. The van der Waals surface area contributed by atoms with Crippen LogP contribution in [-0.2, 0) is 19.1 Å². The lowest BCUT2D eigenvalue weighted by atomic mass is 9.94. The minimum atomic E-state index is -0.168. The fourth-order valence-electron chi connectivity index (χ4n) is 5.47. The first kappa shape index (κ1) is 39.9. The normalized spacial score (nSPS) is 12.0. The second-order valence-electron chi connectivity index (χ2n) is 12.3. The largest absolute Gasteiger partial charge is 0.466 e. The van der Waals surface area contributed by atoms with E-state index in [2.05, 4.69) is 19.2 Å². The summed E-state index contributed by atoms with van der Waals surface area (Å²) in [6.45, 7) is 9.45. The van der Waals surface area contributed by atoms with Crippen LogP contribution in [0.4, 0.5) is 0 Å². The van der Waals surface area contributed by atoms with Crippen molar-refractivity contribution in [2.24, 2.45) is 5.92 Å². The van der Waals surface area contributed by atoms with Crippen LogP contribution in [0, 0.1) is 5.92 Å². The van der Waals surface area contributed by atoms with E-state index in [4.69, 9.17) is 9.47 Å². The zero-order valence-electron chi connectivity index (χ0n) is 27.9. The Morgan fingerprint density at radius 2 is 0.854 bits per heavy atom. The fourth-order valence-corrected chi connectivity index (χ4v) is 5.47. The molecule has 0 aliphatic carbocycles. The highest BCUT2D eigenvalue weighted by molar-refractivity contribution is 5.72. The van der Waals surface area contributed by atoms with Crippen LogP contribution in [0.15, 0.2) is 0 Å². The molecule has 244 valence electrons. The van der Waals surface area contributed by atoms with Gasteiger partial charge in [-0.2, -0.15) is 0 Å². The Balaban J connectivity index is 3.55. The molecule has 1 unspecified atom stereocenters. The van der Waals surface area contributed by atoms with Crippen molar-refractivity contribution in [3.05, 3.63) is 0 Å². The molecule has 0 aromatic rings. The number of hydrogen-bond donors (Lipinski definition) is 1. The molecule has 5 nitrogen and oxygen atoms in total. The zero-order chi connectivity index (χ0) is 30.1. The van der Waals surface area contributed by atoms with Crippen molar-refractivity contribution in [3.8, 4) is 0 Å². The van der Waals surface area contributed by atoms with Crippen LogP contribution in [-0.4, -0.2) is 38.2 Å². The average Bonchev–Trinajstić information content (AvgIpc) is 2.96. The lowest BCUT2D eigenvalue weighted by molar-refractivity contribution is -0.149. The smallest absolute Gasteiger partial charge is 0.308 e. The first-order valence-electron chi connectivity index (χ1n) is 18.1. The average molecular weight is 582 g/mol. The van der Waals surface area contributed by atoms with Crippen molar-refractivity contribution < 1.29 is 19.1 Å². The number of nitrogens with one attached hydrogen (secondary N) is 1. The van der Waals surface area contributed by atoms with E-state index in [1.807, 2.05) is 0 Å². The SMILES string of the molecule is CCCCCCCCC(CCCCCC)C(=O)OCCCCCCCCCNCCCCCCCCCOC(C)=O. The number of carbonyl (C=O) groups excluding carboxylic acids is 2. The third-order valence-electron chi connectivity index (χ3n) is 8.19. The van der Waals surface area contributed by atoms with Gasteiger partial charge >= 0.3 is 11.9 Å². The minimum Gasteiger partial charge on any atom is -0.466 e. The van der Waals surface area contributed by atoms with Crippen LogP contribution in [0.5, 0.6) is 0 Å². The third kappa shape index (κ3) is 31.7. The minimum absolute atomic E-state index is 0.0792. The number of carbonyl (C=O) groups is 2. The monoisotopic (exact) mass is 582 g/mol. The molecule has 0 spiro atoms. The van der Waals surface area contributed by atoms with E-state index in [0.29, 0.717) is 13.2 Å². The van der Waals surface area contributed by atoms with E-state index in [-0.39, 0.29) is 17.9 Å². The van der Waals surface area contributed by atoms with Gasteiger partial charge < -0.3 is 14.8 Å². The highest BCUT2D eigenvalue weighted by Crippen LogP contribution is 2.21. The van der Waals surface area contributed by atoms with Crippen molar-refractivity contribution in [2.75, 3.05) is 26.3 Å². The second kappa shape index (κ2) is 33.4. The van der Waals surface area contributed by atoms with Gasteiger partial charge in [0.15, 0.2) is 0 Å². The summed E-state index contributed by atoms with van der Waals surface area (Å²) in [5.74, 6) is 0.0389. The molecule has 0 saturated carbocycles. The Morgan fingerprint density at radius 1 is 0.488 bits per heavy atom. The summed E-state index contributed by atoms with van der Waals surface area (Å²) in [6.07, 6.45) is 31.9. The summed E-state index contributed by atoms with van der Waals surface area (Å²) < 4.78 is 10.7. The molecule has 0 fully saturated rings. The van der Waals surface area contributed by atoms with Crippen LogP contribution in [0.2, 0.25) is 0 Å². The van der Waals surface area contributed by atoms with Gasteiger partial charge in [-0.05, 0) is 51.6 Å². The highest BCUT2D eigenvalue weighted by atomic mass is 16.5. The highest BCUT2D eigenvalue weighted by Gasteiger charge is 2.19.